The van der Waals surface area contributed by atoms with Gasteiger partial charge in [0.05, 0.1) is 0 Å². The van der Waals surface area contributed by atoms with Gasteiger partial charge >= 0.3 is 0 Å². The van der Waals surface area contributed by atoms with Gasteiger partial charge in [0.25, 0.3) is 5.91 Å². The first-order valence-corrected chi connectivity index (χ1v) is 3.75. The van der Waals surface area contributed by atoms with Gasteiger partial charge in [-0.3, -0.25) is 4.79 Å². The Morgan fingerprint density at radius 2 is 2.15 bits per heavy atom. The van der Waals surface area contributed by atoms with Crippen LogP contribution < -0.4 is 5.73 Å². The lowest BCUT2D eigenvalue weighted by Crippen LogP contribution is -2.10. The molecule has 0 bridgehead atoms. The van der Waals surface area contributed by atoms with Crippen molar-refractivity contribution < 1.29 is 9.18 Å². The van der Waals surface area contributed by atoms with Crippen molar-refractivity contribution in [1.82, 2.24) is 4.98 Å². The van der Waals surface area contributed by atoms with Gasteiger partial charge in [0.1, 0.15) is 11.5 Å². The van der Waals surface area contributed by atoms with E-state index >= 15 is 0 Å². The van der Waals surface area contributed by atoms with Gasteiger partial charge in [-0.2, -0.15) is 0 Å². The van der Waals surface area contributed by atoms with Crippen LogP contribution in [0.4, 0.5) is 4.39 Å². The highest BCUT2D eigenvalue weighted by Crippen LogP contribution is 2.15. The van der Waals surface area contributed by atoms with Crippen molar-refractivity contribution >= 4 is 16.8 Å². The third kappa shape index (κ3) is 1.26. The smallest absolute Gasteiger partial charge is 0.265 e. The number of halogens is 1. The molecule has 0 aliphatic carbocycles. The molecule has 1 amide bonds. The Morgan fingerprint density at radius 3 is 2.85 bits per heavy atom. The van der Waals surface area contributed by atoms with E-state index in [1.807, 2.05) is 0 Å². The quantitative estimate of drug-likeness (QED) is 0.681. The van der Waals surface area contributed by atoms with Gasteiger partial charge in [-0.15, -0.1) is 0 Å². The van der Waals surface area contributed by atoms with Gasteiger partial charge in [-0.25, -0.2) is 4.39 Å². The van der Waals surface area contributed by atoms with E-state index in [2.05, 4.69) is 4.98 Å². The van der Waals surface area contributed by atoms with Crippen molar-refractivity contribution in [1.29, 1.82) is 0 Å². The number of carbonyl (C=O) groups excluding carboxylic acids is 1. The molecule has 0 atom stereocenters. The average molecular weight is 178 g/mol. The molecule has 13 heavy (non-hydrogen) atoms. The fourth-order valence-corrected chi connectivity index (χ4v) is 1.24. The highest BCUT2D eigenvalue weighted by atomic mass is 19.1. The maximum absolute atomic E-state index is 12.7. The molecule has 1 heterocycles. The molecule has 0 spiro atoms. The maximum atomic E-state index is 12.7. The number of nitrogens with two attached hydrogens (primary N) is 1. The third-order valence-electron chi connectivity index (χ3n) is 1.85. The van der Waals surface area contributed by atoms with E-state index in [4.69, 9.17) is 5.73 Å². The fourth-order valence-electron chi connectivity index (χ4n) is 1.24. The zero-order chi connectivity index (χ0) is 9.42. The Labute approximate surface area is 73.4 Å². The van der Waals surface area contributed by atoms with Crippen LogP contribution in [0, 0.1) is 5.82 Å². The number of aromatic amines is 1. The SMILES string of the molecule is NC(=O)c1cc2cc(F)ccc2[nH]1. The van der Waals surface area contributed by atoms with E-state index in [0.717, 1.165) is 0 Å². The first-order chi connectivity index (χ1) is 6.16. The number of H-pyrrole nitrogens is 1. The molecule has 0 fully saturated rings. The second-order valence-corrected chi connectivity index (χ2v) is 2.78. The predicted octanol–water partition coefficient (Wildman–Crippen LogP) is 1.41. The minimum Gasteiger partial charge on any atom is -0.364 e. The van der Waals surface area contributed by atoms with Gasteiger partial charge in [0.15, 0.2) is 0 Å². The van der Waals surface area contributed by atoms with Crippen LogP contribution in [0.25, 0.3) is 10.9 Å². The van der Waals surface area contributed by atoms with Crippen molar-refractivity contribution in [2.24, 2.45) is 5.73 Å². The summed E-state index contributed by atoms with van der Waals surface area (Å²) < 4.78 is 12.7. The van der Waals surface area contributed by atoms with Crippen molar-refractivity contribution in [3.8, 4) is 0 Å². The van der Waals surface area contributed by atoms with E-state index in [-0.39, 0.29) is 5.82 Å². The van der Waals surface area contributed by atoms with Crippen LogP contribution in [-0.2, 0) is 0 Å². The Bertz CT molecular complexity index is 475. The third-order valence-corrected chi connectivity index (χ3v) is 1.85. The van der Waals surface area contributed by atoms with E-state index in [1.54, 1.807) is 6.07 Å². The lowest BCUT2D eigenvalue weighted by atomic mass is 10.2. The molecule has 1 aromatic heterocycles. The molecule has 2 rings (SSSR count). The van der Waals surface area contributed by atoms with E-state index in [1.165, 1.54) is 18.2 Å². The number of nitrogens with one attached hydrogen (secondary N) is 1. The molecular formula is C9H7FN2O. The monoisotopic (exact) mass is 178 g/mol. The normalized spacial score (nSPS) is 10.5. The predicted molar refractivity (Wildman–Crippen MR) is 46.8 cm³/mol. The topological polar surface area (TPSA) is 58.9 Å². The van der Waals surface area contributed by atoms with E-state index in [0.29, 0.717) is 16.6 Å². The first kappa shape index (κ1) is 7.79. The second-order valence-electron chi connectivity index (χ2n) is 2.78. The summed E-state index contributed by atoms with van der Waals surface area (Å²) in [6.07, 6.45) is 0. The summed E-state index contributed by atoms with van der Waals surface area (Å²) in [6.45, 7) is 0. The summed E-state index contributed by atoms with van der Waals surface area (Å²) in [5.74, 6) is -0.876. The van der Waals surface area contributed by atoms with Gasteiger partial charge in [0.2, 0.25) is 0 Å². The molecule has 0 saturated carbocycles. The average Bonchev–Trinajstić information content (AvgIpc) is 2.46. The molecule has 3 N–H and O–H groups in total. The number of rotatable bonds is 1. The minimum atomic E-state index is -0.545. The summed E-state index contributed by atoms with van der Waals surface area (Å²) in [7, 11) is 0. The standard InChI is InChI=1S/C9H7FN2O/c10-6-1-2-7-5(3-6)4-8(12-7)9(11)13/h1-4,12H,(H2,11,13). The van der Waals surface area contributed by atoms with Crippen molar-refractivity contribution in [2.75, 3.05) is 0 Å². The number of primary amides is 1. The zero-order valence-corrected chi connectivity index (χ0v) is 6.67. The molecule has 0 aliphatic heterocycles. The molecule has 0 aliphatic rings. The van der Waals surface area contributed by atoms with Crippen LogP contribution in [0.2, 0.25) is 0 Å². The molecule has 1 aromatic carbocycles. The van der Waals surface area contributed by atoms with Crippen molar-refractivity contribution in [3.63, 3.8) is 0 Å². The van der Waals surface area contributed by atoms with Crippen LogP contribution in [0.1, 0.15) is 10.5 Å². The summed E-state index contributed by atoms with van der Waals surface area (Å²) in [5.41, 5.74) is 6.05. The molecule has 0 unspecified atom stereocenters. The highest BCUT2D eigenvalue weighted by Gasteiger charge is 2.05. The minimum absolute atomic E-state index is 0.292. The number of fused-ring (bicyclic) bond motifs is 1. The van der Waals surface area contributed by atoms with Crippen LogP contribution in [0.15, 0.2) is 24.3 Å². The number of carbonyl (C=O) groups is 1. The Balaban J connectivity index is 2.68. The van der Waals surface area contributed by atoms with E-state index in [9.17, 15) is 9.18 Å². The van der Waals surface area contributed by atoms with Gasteiger partial charge in [-0.1, -0.05) is 0 Å². The van der Waals surface area contributed by atoms with Crippen LogP contribution in [-0.4, -0.2) is 10.9 Å². The molecule has 66 valence electrons. The summed E-state index contributed by atoms with van der Waals surface area (Å²) in [4.78, 5) is 13.5. The summed E-state index contributed by atoms with van der Waals surface area (Å²) in [6, 6.07) is 5.76. The number of benzene rings is 1. The molecule has 0 radical (unpaired) electrons. The van der Waals surface area contributed by atoms with Crippen molar-refractivity contribution in [3.05, 3.63) is 35.8 Å². The molecular weight excluding hydrogens is 171 g/mol. The molecule has 4 heteroatoms. The zero-order valence-electron chi connectivity index (χ0n) is 6.67. The maximum Gasteiger partial charge on any atom is 0.265 e. The summed E-state index contributed by atoms with van der Waals surface area (Å²) >= 11 is 0. The Hall–Kier alpha value is -1.84. The Morgan fingerprint density at radius 1 is 1.38 bits per heavy atom. The van der Waals surface area contributed by atoms with Crippen LogP contribution in [0.3, 0.4) is 0 Å². The van der Waals surface area contributed by atoms with Gasteiger partial charge in [-0.05, 0) is 24.3 Å². The van der Waals surface area contributed by atoms with Gasteiger partial charge in [0, 0.05) is 10.9 Å². The van der Waals surface area contributed by atoms with Crippen LogP contribution >= 0.6 is 0 Å². The number of hydrogen-bond acceptors (Lipinski definition) is 1. The molecule has 2 aromatic rings. The lowest BCUT2D eigenvalue weighted by Gasteiger charge is -1.87. The lowest BCUT2D eigenvalue weighted by molar-refractivity contribution is 0.0996. The summed E-state index contributed by atoms with van der Waals surface area (Å²) in [5, 5.41) is 0.647. The molecule has 0 saturated heterocycles. The second kappa shape index (κ2) is 2.58. The Kier molecular flexibility index (Phi) is 1.55. The van der Waals surface area contributed by atoms with E-state index < -0.39 is 5.91 Å². The first-order valence-electron chi connectivity index (χ1n) is 3.75. The largest absolute Gasteiger partial charge is 0.364 e. The number of hydrogen-bond donors (Lipinski definition) is 2. The number of amides is 1. The fraction of sp³-hybridized carbons (Fsp3) is 0. The number of aromatic nitrogens is 1. The molecule has 3 nitrogen and oxygen atoms in total. The van der Waals surface area contributed by atoms with Gasteiger partial charge < -0.3 is 10.7 Å². The highest BCUT2D eigenvalue weighted by molar-refractivity contribution is 5.96. The van der Waals surface area contributed by atoms with Crippen molar-refractivity contribution in [2.45, 2.75) is 0 Å². The van der Waals surface area contributed by atoms with Crippen LogP contribution in [0.5, 0.6) is 0 Å².